The van der Waals surface area contributed by atoms with Crippen molar-refractivity contribution in [3.8, 4) is 5.75 Å². The van der Waals surface area contributed by atoms with Gasteiger partial charge in [-0.15, -0.1) is 0 Å². The Morgan fingerprint density at radius 2 is 2.20 bits per heavy atom. The molecule has 0 fully saturated rings. The van der Waals surface area contributed by atoms with Crippen LogP contribution in [0.2, 0.25) is 0 Å². The third-order valence-electron chi connectivity index (χ3n) is 1.80. The molecule has 0 heterocycles. The van der Waals surface area contributed by atoms with Crippen LogP contribution in [-0.2, 0) is 4.79 Å². The van der Waals surface area contributed by atoms with E-state index in [9.17, 15) is 14.7 Å². The molecule has 0 aliphatic heterocycles. The number of benzene rings is 1. The van der Waals surface area contributed by atoms with E-state index < -0.39 is 5.91 Å². The van der Waals surface area contributed by atoms with Gasteiger partial charge in [0.05, 0.1) is 0 Å². The number of phenolic OH excluding ortho intramolecular Hbond substituents is 1. The average Bonchev–Trinajstić information content (AvgIpc) is 2.20. The maximum Gasteiger partial charge on any atom is 0.221 e. The Kier molecular flexibility index (Phi) is 3.62. The minimum Gasteiger partial charge on any atom is -0.507 e. The highest BCUT2D eigenvalue weighted by Gasteiger charge is 1.98. The molecule has 0 spiro atoms. The van der Waals surface area contributed by atoms with Crippen LogP contribution in [0.15, 0.2) is 24.3 Å². The highest BCUT2D eigenvalue weighted by molar-refractivity contribution is 5.79. The first kappa shape index (κ1) is 11.0. The topological polar surface area (TPSA) is 80.4 Å². The molecule has 3 N–H and O–H groups in total. The van der Waals surface area contributed by atoms with Gasteiger partial charge in [-0.05, 0) is 18.2 Å². The summed E-state index contributed by atoms with van der Waals surface area (Å²) < 4.78 is 0. The molecule has 0 saturated heterocycles. The molecule has 4 nitrogen and oxygen atoms in total. The van der Waals surface area contributed by atoms with Crippen molar-refractivity contribution in [3.05, 3.63) is 35.4 Å². The average molecular weight is 205 g/mol. The Bertz CT molecular complexity index is 410. The molecule has 0 radical (unpaired) electrons. The number of carbonyl (C=O) groups excluding carboxylic acids is 2. The van der Waals surface area contributed by atoms with E-state index in [1.54, 1.807) is 6.08 Å². The van der Waals surface area contributed by atoms with Crippen LogP contribution >= 0.6 is 0 Å². The van der Waals surface area contributed by atoms with Crippen LogP contribution in [0.25, 0.3) is 6.08 Å². The number of hydrogen-bond donors (Lipinski definition) is 2. The van der Waals surface area contributed by atoms with E-state index in [1.165, 1.54) is 24.3 Å². The Hall–Kier alpha value is -2.10. The third-order valence-corrected chi connectivity index (χ3v) is 1.80. The van der Waals surface area contributed by atoms with Gasteiger partial charge in [0.2, 0.25) is 5.91 Å². The van der Waals surface area contributed by atoms with Crippen LogP contribution in [0.4, 0.5) is 0 Å². The molecule has 1 amide bonds. The standard InChI is InChI=1S/C11H11NO3/c12-11(15)3-1-2-9-6-8(7-13)4-5-10(9)14/h1-2,4-7,14H,3H2,(H2,12,15). The molecule has 0 aromatic heterocycles. The molecule has 15 heavy (non-hydrogen) atoms. The zero-order valence-electron chi connectivity index (χ0n) is 8.01. The van der Waals surface area contributed by atoms with Crippen molar-refractivity contribution in [2.75, 3.05) is 0 Å². The fraction of sp³-hybridized carbons (Fsp3) is 0.0909. The maximum atomic E-state index is 10.5. The van der Waals surface area contributed by atoms with E-state index in [0.717, 1.165) is 0 Å². The number of aldehydes is 1. The number of aromatic hydroxyl groups is 1. The summed E-state index contributed by atoms with van der Waals surface area (Å²) in [5, 5.41) is 9.41. The first-order chi connectivity index (χ1) is 7.13. The highest BCUT2D eigenvalue weighted by atomic mass is 16.3. The Labute approximate surface area is 87.0 Å². The minimum absolute atomic E-state index is 0.0568. The van der Waals surface area contributed by atoms with Crippen molar-refractivity contribution in [1.82, 2.24) is 0 Å². The Morgan fingerprint density at radius 1 is 1.47 bits per heavy atom. The van der Waals surface area contributed by atoms with E-state index in [2.05, 4.69) is 0 Å². The van der Waals surface area contributed by atoms with Crippen LogP contribution in [-0.4, -0.2) is 17.3 Å². The van der Waals surface area contributed by atoms with E-state index >= 15 is 0 Å². The van der Waals surface area contributed by atoms with Gasteiger partial charge in [-0.3, -0.25) is 9.59 Å². The van der Waals surface area contributed by atoms with Gasteiger partial charge in [0.1, 0.15) is 12.0 Å². The molecule has 1 aromatic rings. The van der Waals surface area contributed by atoms with Gasteiger partial charge in [-0.1, -0.05) is 12.2 Å². The fourth-order valence-corrected chi connectivity index (χ4v) is 1.08. The summed E-state index contributed by atoms with van der Waals surface area (Å²) in [5.41, 5.74) is 5.89. The lowest BCUT2D eigenvalue weighted by molar-refractivity contribution is -0.117. The highest BCUT2D eigenvalue weighted by Crippen LogP contribution is 2.19. The molecule has 0 aliphatic rings. The van der Waals surface area contributed by atoms with Crippen LogP contribution < -0.4 is 5.73 Å². The molecule has 0 bridgehead atoms. The number of primary amides is 1. The number of carbonyl (C=O) groups is 2. The summed E-state index contributed by atoms with van der Waals surface area (Å²) >= 11 is 0. The first-order valence-electron chi connectivity index (χ1n) is 4.36. The van der Waals surface area contributed by atoms with E-state index in [0.29, 0.717) is 17.4 Å². The van der Waals surface area contributed by atoms with Crippen LogP contribution in [0.3, 0.4) is 0 Å². The van der Waals surface area contributed by atoms with Crippen molar-refractivity contribution in [1.29, 1.82) is 0 Å². The summed E-state index contributed by atoms with van der Waals surface area (Å²) in [5.74, 6) is -0.390. The molecular weight excluding hydrogens is 194 g/mol. The predicted octanol–water partition coefficient (Wildman–Crippen LogP) is 1.09. The third kappa shape index (κ3) is 3.27. The Morgan fingerprint density at radius 3 is 2.80 bits per heavy atom. The van der Waals surface area contributed by atoms with Gasteiger partial charge in [0.25, 0.3) is 0 Å². The molecule has 0 aliphatic carbocycles. The second-order valence-corrected chi connectivity index (χ2v) is 3.01. The molecule has 4 heteroatoms. The summed E-state index contributed by atoms with van der Waals surface area (Å²) in [7, 11) is 0. The van der Waals surface area contributed by atoms with Crippen molar-refractivity contribution in [3.63, 3.8) is 0 Å². The van der Waals surface area contributed by atoms with Crippen molar-refractivity contribution < 1.29 is 14.7 Å². The van der Waals surface area contributed by atoms with E-state index in [4.69, 9.17) is 5.73 Å². The van der Waals surface area contributed by atoms with Crippen LogP contribution in [0.5, 0.6) is 5.75 Å². The van der Waals surface area contributed by atoms with Gasteiger partial charge in [-0.2, -0.15) is 0 Å². The number of nitrogens with two attached hydrogens (primary N) is 1. The molecule has 1 rings (SSSR count). The van der Waals surface area contributed by atoms with Crippen molar-refractivity contribution >= 4 is 18.3 Å². The predicted molar refractivity (Wildman–Crippen MR) is 56.3 cm³/mol. The lowest BCUT2D eigenvalue weighted by Crippen LogP contribution is -2.07. The molecule has 0 atom stereocenters. The minimum atomic E-state index is -0.447. The number of hydrogen-bond acceptors (Lipinski definition) is 3. The fourth-order valence-electron chi connectivity index (χ4n) is 1.08. The van der Waals surface area contributed by atoms with Crippen molar-refractivity contribution in [2.45, 2.75) is 6.42 Å². The SMILES string of the molecule is NC(=O)CC=Cc1cc(C=O)ccc1O. The molecule has 1 aromatic carbocycles. The van der Waals surface area contributed by atoms with Gasteiger partial charge in [0.15, 0.2) is 0 Å². The summed E-state index contributed by atoms with van der Waals surface area (Å²) in [6.07, 6.45) is 3.87. The molecule has 0 saturated carbocycles. The second-order valence-electron chi connectivity index (χ2n) is 3.01. The quantitative estimate of drug-likeness (QED) is 0.722. The van der Waals surface area contributed by atoms with Gasteiger partial charge < -0.3 is 10.8 Å². The monoisotopic (exact) mass is 205 g/mol. The summed E-state index contributed by atoms with van der Waals surface area (Å²) in [6, 6.07) is 4.46. The zero-order chi connectivity index (χ0) is 11.3. The van der Waals surface area contributed by atoms with Crippen LogP contribution in [0, 0.1) is 0 Å². The lowest BCUT2D eigenvalue weighted by Gasteiger charge is -1.99. The molecular formula is C11H11NO3. The second kappa shape index (κ2) is 4.95. The van der Waals surface area contributed by atoms with Gasteiger partial charge in [-0.25, -0.2) is 0 Å². The maximum absolute atomic E-state index is 10.5. The normalized spacial score (nSPS) is 10.4. The summed E-state index contributed by atoms with van der Waals surface area (Å²) in [6.45, 7) is 0. The zero-order valence-corrected chi connectivity index (χ0v) is 8.01. The van der Waals surface area contributed by atoms with E-state index in [-0.39, 0.29) is 12.2 Å². The van der Waals surface area contributed by atoms with Crippen molar-refractivity contribution in [2.24, 2.45) is 5.73 Å². The number of rotatable bonds is 4. The smallest absolute Gasteiger partial charge is 0.221 e. The van der Waals surface area contributed by atoms with Crippen LogP contribution in [0.1, 0.15) is 22.3 Å². The Balaban J connectivity index is 2.88. The lowest BCUT2D eigenvalue weighted by atomic mass is 10.1. The largest absolute Gasteiger partial charge is 0.507 e. The molecule has 0 unspecified atom stereocenters. The van der Waals surface area contributed by atoms with Gasteiger partial charge in [0, 0.05) is 17.5 Å². The molecule has 78 valence electrons. The number of phenols is 1. The van der Waals surface area contributed by atoms with E-state index in [1.807, 2.05) is 0 Å². The number of amides is 1. The first-order valence-corrected chi connectivity index (χ1v) is 4.36. The van der Waals surface area contributed by atoms with Gasteiger partial charge >= 0.3 is 0 Å². The summed E-state index contributed by atoms with van der Waals surface area (Å²) in [4.78, 5) is 20.9.